The molecule has 5 nitrogen and oxygen atoms in total. The molecule has 20 heavy (non-hydrogen) atoms. The van der Waals surface area contributed by atoms with E-state index in [1.165, 1.54) is 0 Å². The van der Waals surface area contributed by atoms with Gasteiger partial charge in [0.25, 0.3) is 0 Å². The fraction of sp³-hybridized carbons (Fsp3) is 0.333. The van der Waals surface area contributed by atoms with Gasteiger partial charge in [0.15, 0.2) is 5.43 Å². The smallest absolute Gasteiger partial charge is 0.352 e. The van der Waals surface area contributed by atoms with Gasteiger partial charge in [0.05, 0.1) is 12.6 Å². The fourth-order valence-corrected chi connectivity index (χ4v) is 2.62. The maximum Gasteiger partial charge on any atom is 0.352 e. The van der Waals surface area contributed by atoms with Crippen LogP contribution >= 0.6 is 0 Å². The lowest BCUT2D eigenvalue weighted by atomic mass is 10.1. The third-order valence-electron chi connectivity index (χ3n) is 3.76. The lowest BCUT2D eigenvalue weighted by Crippen LogP contribution is -2.21. The number of carbonyl (C=O) groups is 1. The normalized spacial score (nSPS) is 14.5. The van der Waals surface area contributed by atoms with Crippen LogP contribution in [0.1, 0.15) is 34.9 Å². The van der Waals surface area contributed by atoms with E-state index in [1.54, 1.807) is 36.8 Å². The summed E-state index contributed by atoms with van der Waals surface area (Å²) in [5.41, 5.74) is 0.803. The van der Waals surface area contributed by atoms with Crippen LogP contribution in [0, 0.1) is 6.92 Å². The molecule has 1 aliphatic rings. The van der Waals surface area contributed by atoms with Crippen molar-refractivity contribution in [2.45, 2.75) is 25.8 Å². The first-order valence-electron chi connectivity index (χ1n) is 6.50. The zero-order chi connectivity index (χ0) is 14.4. The Hall–Kier alpha value is -2.30. The Morgan fingerprint density at radius 1 is 1.40 bits per heavy atom. The molecule has 0 amide bonds. The minimum Gasteiger partial charge on any atom is -0.497 e. The third kappa shape index (κ3) is 1.78. The highest BCUT2D eigenvalue weighted by molar-refractivity contribution is 5.93. The zero-order valence-electron chi connectivity index (χ0n) is 11.3. The van der Waals surface area contributed by atoms with Crippen LogP contribution in [0.25, 0.3) is 10.9 Å². The van der Waals surface area contributed by atoms with Gasteiger partial charge in [-0.05, 0) is 31.9 Å². The van der Waals surface area contributed by atoms with Gasteiger partial charge in [0, 0.05) is 23.1 Å². The quantitative estimate of drug-likeness (QED) is 0.932. The van der Waals surface area contributed by atoms with Crippen molar-refractivity contribution < 1.29 is 14.6 Å². The van der Waals surface area contributed by atoms with Crippen LogP contribution in [-0.4, -0.2) is 22.8 Å². The maximum absolute atomic E-state index is 12.3. The van der Waals surface area contributed by atoms with Gasteiger partial charge in [-0.2, -0.15) is 0 Å². The molecule has 1 aliphatic carbocycles. The number of nitrogens with zero attached hydrogens (tertiary/aromatic N) is 1. The number of pyridine rings is 1. The number of hydrogen-bond acceptors (Lipinski definition) is 3. The highest BCUT2D eigenvalue weighted by atomic mass is 16.5. The SMILES string of the molecule is COc1ccc2c(=O)c(C)c(C(=O)O)n(C3CC3)c2c1. The topological polar surface area (TPSA) is 68.5 Å². The van der Waals surface area contributed by atoms with E-state index in [0.717, 1.165) is 12.8 Å². The Morgan fingerprint density at radius 3 is 2.65 bits per heavy atom. The lowest BCUT2D eigenvalue weighted by molar-refractivity contribution is 0.0683. The van der Waals surface area contributed by atoms with Crippen molar-refractivity contribution in [1.29, 1.82) is 0 Å². The maximum atomic E-state index is 12.3. The van der Waals surface area contributed by atoms with E-state index in [1.807, 2.05) is 0 Å². The molecular formula is C15H15NO4. The molecule has 1 aromatic carbocycles. The van der Waals surface area contributed by atoms with Crippen LogP contribution in [0.5, 0.6) is 5.75 Å². The number of aromatic carboxylic acids is 1. The Kier molecular flexibility index (Phi) is 2.78. The standard InChI is InChI=1S/C15H15NO4/c1-8-13(15(18)19)16(9-3-4-9)12-7-10(20-2)5-6-11(12)14(8)17/h5-7,9H,3-4H2,1-2H3,(H,18,19). The summed E-state index contributed by atoms with van der Waals surface area (Å²) >= 11 is 0. The van der Waals surface area contributed by atoms with Crippen LogP contribution < -0.4 is 10.2 Å². The van der Waals surface area contributed by atoms with Crippen molar-refractivity contribution in [2.75, 3.05) is 7.11 Å². The van der Waals surface area contributed by atoms with Crippen molar-refractivity contribution in [1.82, 2.24) is 4.57 Å². The molecule has 0 atom stereocenters. The van der Waals surface area contributed by atoms with Gasteiger partial charge in [-0.25, -0.2) is 4.79 Å². The van der Waals surface area contributed by atoms with E-state index in [2.05, 4.69) is 0 Å². The second kappa shape index (κ2) is 4.37. The summed E-state index contributed by atoms with van der Waals surface area (Å²) in [6, 6.07) is 5.32. The zero-order valence-corrected chi connectivity index (χ0v) is 11.3. The Balaban J connectivity index is 2.48. The number of hydrogen-bond donors (Lipinski definition) is 1. The second-order valence-electron chi connectivity index (χ2n) is 5.09. The van der Waals surface area contributed by atoms with Crippen LogP contribution in [0.15, 0.2) is 23.0 Å². The molecule has 0 unspecified atom stereocenters. The average Bonchev–Trinajstić information content (AvgIpc) is 3.25. The van der Waals surface area contributed by atoms with E-state index >= 15 is 0 Å². The molecular weight excluding hydrogens is 258 g/mol. The van der Waals surface area contributed by atoms with Gasteiger partial charge >= 0.3 is 5.97 Å². The molecule has 5 heteroatoms. The van der Waals surface area contributed by atoms with E-state index in [9.17, 15) is 14.7 Å². The minimum atomic E-state index is -1.06. The Labute approximate surface area is 115 Å². The lowest BCUT2D eigenvalue weighted by Gasteiger charge is -2.16. The second-order valence-corrected chi connectivity index (χ2v) is 5.09. The molecule has 0 bridgehead atoms. The van der Waals surface area contributed by atoms with Gasteiger partial charge in [0.2, 0.25) is 0 Å². The molecule has 1 saturated carbocycles. The van der Waals surface area contributed by atoms with E-state index in [0.29, 0.717) is 22.2 Å². The first-order chi connectivity index (χ1) is 9.54. The van der Waals surface area contributed by atoms with E-state index < -0.39 is 5.97 Å². The first kappa shape index (κ1) is 12.7. The van der Waals surface area contributed by atoms with Gasteiger partial charge in [-0.15, -0.1) is 0 Å². The van der Waals surface area contributed by atoms with Crippen LogP contribution in [0.2, 0.25) is 0 Å². The third-order valence-corrected chi connectivity index (χ3v) is 3.76. The molecule has 1 heterocycles. The van der Waals surface area contributed by atoms with Crippen molar-refractivity contribution in [3.8, 4) is 5.75 Å². The number of carboxylic acids is 1. The van der Waals surface area contributed by atoms with Crippen molar-refractivity contribution in [3.63, 3.8) is 0 Å². The van der Waals surface area contributed by atoms with Crippen molar-refractivity contribution >= 4 is 16.9 Å². The predicted octanol–water partition coefficient (Wildman–Crippen LogP) is 2.35. The molecule has 1 aromatic heterocycles. The van der Waals surface area contributed by atoms with Crippen LogP contribution in [0.3, 0.4) is 0 Å². The highest BCUT2D eigenvalue weighted by Gasteiger charge is 2.30. The molecule has 0 spiro atoms. The van der Waals surface area contributed by atoms with Crippen LogP contribution in [0.4, 0.5) is 0 Å². The number of methoxy groups -OCH3 is 1. The van der Waals surface area contributed by atoms with Gasteiger partial charge < -0.3 is 14.4 Å². The highest BCUT2D eigenvalue weighted by Crippen LogP contribution is 2.39. The summed E-state index contributed by atoms with van der Waals surface area (Å²) in [6.07, 6.45) is 1.88. The van der Waals surface area contributed by atoms with Gasteiger partial charge in [-0.3, -0.25) is 4.79 Å². The molecule has 2 aromatic rings. The largest absolute Gasteiger partial charge is 0.497 e. The van der Waals surface area contributed by atoms with E-state index in [4.69, 9.17) is 4.74 Å². The Bertz CT molecular complexity index is 772. The molecule has 0 aliphatic heterocycles. The molecule has 1 fully saturated rings. The number of rotatable bonds is 3. The van der Waals surface area contributed by atoms with Gasteiger partial charge in [-0.1, -0.05) is 0 Å². The molecule has 0 saturated heterocycles. The summed E-state index contributed by atoms with van der Waals surface area (Å²) < 4.78 is 6.96. The fourth-order valence-electron chi connectivity index (χ4n) is 2.62. The average molecular weight is 273 g/mol. The summed E-state index contributed by atoms with van der Waals surface area (Å²) in [6.45, 7) is 1.58. The molecule has 1 N–H and O–H groups in total. The number of carboxylic acid groups (broad SMARTS) is 1. The summed E-state index contributed by atoms with van der Waals surface area (Å²) in [5, 5.41) is 9.98. The monoisotopic (exact) mass is 273 g/mol. The number of fused-ring (bicyclic) bond motifs is 1. The predicted molar refractivity (Wildman–Crippen MR) is 74.7 cm³/mol. The number of aromatic nitrogens is 1. The number of ether oxygens (including phenoxy) is 1. The number of benzene rings is 1. The molecule has 0 radical (unpaired) electrons. The minimum absolute atomic E-state index is 0.0956. The molecule has 3 rings (SSSR count). The Morgan fingerprint density at radius 2 is 2.10 bits per heavy atom. The summed E-state index contributed by atoms with van der Waals surface area (Å²) in [7, 11) is 1.55. The summed E-state index contributed by atoms with van der Waals surface area (Å²) in [5.74, 6) is -0.442. The van der Waals surface area contributed by atoms with Crippen molar-refractivity contribution in [2.24, 2.45) is 0 Å². The van der Waals surface area contributed by atoms with Crippen molar-refractivity contribution in [3.05, 3.63) is 39.7 Å². The summed E-state index contributed by atoms with van der Waals surface area (Å²) in [4.78, 5) is 23.9. The van der Waals surface area contributed by atoms with Crippen LogP contribution in [-0.2, 0) is 0 Å². The van der Waals surface area contributed by atoms with E-state index in [-0.39, 0.29) is 17.2 Å². The first-order valence-corrected chi connectivity index (χ1v) is 6.50. The van der Waals surface area contributed by atoms with Gasteiger partial charge in [0.1, 0.15) is 11.4 Å². The molecule has 104 valence electrons.